The Morgan fingerprint density at radius 3 is 2.33 bits per heavy atom. The van der Waals surface area contributed by atoms with E-state index >= 15 is 0 Å². The molecule has 0 aromatic heterocycles. The van der Waals surface area contributed by atoms with Crippen LogP contribution in [-0.4, -0.2) is 12.6 Å². The molecule has 1 heterocycles. The number of hydrogen-bond donors (Lipinski definition) is 1. The van der Waals surface area contributed by atoms with E-state index in [-0.39, 0.29) is 0 Å². The number of rotatable bonds is 1. The van der Waals surface area contributed by atoms with E-state index in [2.05, 4.69) is 19.2 Å². The summed E-state index contributed by atoms with van der Waals surface area (Å²) in [6, 6.07) is 0.850. The van der Waals surface area contributed by atoms with Gasteiger partial charge in [0.25, 0.3) is 0 Å². The van der Waals surface area contributed by atoms with E-state index in [9.17, 15) is 0 Å². The lowest BCUT2D eigenvalue weighted by atomic mass is 9.86. The van der Waals surface area contributed by atoms with Crippen LogP contribution in [0.1, 0.15) is 46.0 Å². The van der Waals surface area contributed by atoms with Gasteiger partial charge >= 0.3 is 0 Å². The Kier molecular flexibility index (Phi) is 2.16. The van der Waals surface area contributed by atoms with Crippen LogP contribution in [0.4, 0.5) is 0 Å². The van der Waals surface area contributed by atoms with Gasteiger partial charge in [0.05, 0.1) is 0 Å². The van der Waals surface area contributed by atoms with Crippen molar-refractivity contribution in [2.24, 2.45) is 11.3 Å². The highest BCUT2D eigenvalue weighted by Gasteiger charge is 2.35. The molecular formula is C11H21N. The number of nitrogens with one attached hydrogen (secondary N) is 1. The van der Waals surface area contributed by atoms with Gasteiger partial charge in [-0.3, -0.25) is 0 Å². The smallest absolute Gasteiger partial charge is 0.0101 e. The fraction of sp³-hybridized carbons (Fsp3) is 1.00. The molecule has 0 aromatic carbocycles. The molecule has 1 heteroatoms. The van der Waals surface area contributed by atoms with E-state index in [1.165, 1.54) is 38.6 Å². The van der Waals surface area contributed by atoms with Crippen molar-refractivity contribution in [2.45, 2.75) is 52.0 Å². The van der Waals surface area contributed by atoms with Crippen molar-refractivity contribution >= 4 is 0 Å². The molecule has 2 rings (SSSR count). The van der Waals surface area contributed by atoms with Gasteiger partial charge < -0.3 is 5.32 Å². The maximum Gasteiger partial charge on any atom is 0.0101 e. The topological polar surface area (TPSA) is 12.0 Å². The molecule has 1 saturated carbocycles. The summed E-state index contributed by atoms with van der Waals surface area (Å²) in [7, 11) is 0. The third-order valence-electron chi connectivity index (χ3n) is 3.58. The molecule has 1 saturated heterocycles. The molecule has 12 heavy (non-hydrogen) atoms. The minimum absolute atomic E-state index is 0.563. The molecule has 0 amide bonds. The van der Waals surface area contributed by atoms with E-state index in [4.69, 9.17) is 0 Å². The van der Waals surface area contributed by atoms with Crippen LogP contribution in [0.15, 0.2) is 0 Å². The Balaban J connectivity index is 1.90. The summed E-state index contributed by atoms with van der Waals surface area (Å²) in [5.41, 5.74) is 0.563. The quantitative estimate of drug-likeness (QED) is 0.633. The normalized spacial score (nSPS) is 36.0. The fourth-order valence-electron chi connectivity index (χ4n) is 2.84. The van der Waals surface area contributed by atoms with Gasteiger partial charge in [-0.2, -0.15) is 0 Å². The Hall–Kier alpha value is -0.0400. The van der Waals surface area contributed by atoms with Crippen LogP contribution >= 0.6 is 0 Å². The molecule has 0 aromatic rings. The van der Waals surface area contributed by atoms with Gasteiger partial charge in [-0.25, -0.2) is 0 Å². The third kappa shape index (κ3) is 1.66. The monoisotopic (exact) mass is 167 g/mol. The van der Waals surface area contributed by atoms with Gasteiger partial charge in [0.2, 0.25) is 0 Å². The molecule has 0 radical (unpaired) electrons. The van der Waals surface area contributed by atoms with E-state index in [0.29, 0.717) is 5.41 Å². The highest BCUT2D eigenvalue weighted by atomic mass is 15.0. The summed E-state index contributed by atoms with van der Waals surface area (Å²) in [5.74, 6) is 1.01. The Labute approximate surface area is 75.9 Å². The summed E-state index contributed by atoms with van der Waals surface area (Å²) in [6.07, 6.45) is 7.31. The van der Waals surface area contributed by atoms with Crippen LogP contribution in [0, 0.1) is 11.3 Å². The van der Waals surface area contributed by atoms with Gasteiger partial charge in [-0.05, 0) is 30.6 Å². The summed E-state index contributed by atoms with van der Waals surface area (Å²) in [6.45, 7) is 6.00. The summed E-state index contributed by atoms with van der Waals surface area (Å²) < 4.78 is 0. The molecule has 1 aliphatic heterocycles. The maximum absolute atomic E-state index is 3.69. The lowest BCUT2D eigenvalue weighted by Gasteiger charge is -2.20. The lowest BCUT2D eigenvalue weighted by Crippen LogP contribution is -2.28. The third-order valence-corrected chi connectivity index (χ3v) is 3.58. The molecule has 0 bridgehead atoms. The highest BCUT2D eigenvalue weighted by Crippen LogP contribution is 2.36. The summed E-state index contributed by atoms with van der Waals surface area (Å²) >= 11 is 0. The summed E-state index contributed by atoms with van der Waals surface area (Å²) in [4.78, 5) is 0. The minimum Gasteiger partial charge on any atom is -0.313 e. The van der Waals surface area contributed by atoms with Crippen molar-refractivity contribution in [3.05, 3.63) is 0 Å². The largest absolute Gasteiger partial charge is 0.313 e. The minimum atomic E-state index is 0.563. The van der Waals surface area contributed by atoms with Crippen LogP contribution in [-0.2, 0) is 0 Å². The van der Waals surface area contributed by atoms with E-state index in [1.54, 1.807) is 0 Å². The predicted octanol–water partition coefficient (Wildman–Crippen LogP) is 2.56. The van der Waals surface area contributed by atoms with Crippen LogP contribution in [0.5, 0.6) is 0 Å². The van der Waals surface area contributed by atoms with Crippen molar-refractivity contribution in [1.82, 2.24) is 5.32 Å². The first kappa shape index (κ1) is 8.55. The van der Waals surface area contributed by atoms with Crippen LogP contribution < -0.4 is 5.32 Å². The van der Waals surface area contributed by atoms with Crippen LogP contribution in [0.25, 0.3) is 0 Å². The molecule has 1 N–H and O–H groups in total. The maximum atomic E-state index is 3.69. The lowest BCUT2D eigenvalue weighted by molar-refractivity contribution is 0.353. The first-order valence-electron chi connectivity index (χ1n) is 5.41. The second kappa shape index (κ2) is 3.02. The summed E-state index contributed by atoms with van der Waals surface area (Å²) in [5, 5.41) is 3.69. The van der Waals surface area contributed by atoms with Gasteiger partial charge in [-0.15, -0.1) is 0 Å². The Morgan fingerprint density at radius 2 is 1.83 bits per heavy atom. The first-order chi connectivity index (χ1) is 5.67. The van der Waals surface area contributed by atoms with Gasteiger partial charge in [0, 0.05) is 12.6 Å². The van der Waals surface area contributed by atoms with Gasteiger partial charge in [0.1, 0.15) is 0 Å². The van der Waals surface area contributed by atoms with E-state index in [0.717, 1.165) is 12.0 Å². The molecule has 1 atom stereocenters. The van der Waals surface area contributed by atoms with Crippen molar-refractivity contribution in [3.63, 3.8) is 0 Å². The molecule has 2 aliphatic rings. The predicted molar refractivity (Wildman–Crippen MR) is 52.1 cm³/mol. The van der Waals surface area contributed by atoms with Crippen molar-refractivity contribution < 1.29 is 0 Å². The molecule has 1 nitrogen and oxygen atoms in total. The second-order valence-electron chi connectivity index (χ2n) is 5.40. The molecule has 0 spiro atoms. The van der Waals surface area contributed by atoms with Crippen molar-refractivity contribution in [2.75, 3.05) is 6.54 Å². The van der Waals surface area contributed by atoms with Gasteiger partial charge in [-0.1, -0.05) is 26.7 Å². The second-order valence-corrected chi connectivity index (χ2v) is 5.40. The SMILES string of the molecule is CC1(C)CNC(C2CCCC2)C1. The van der Waals surface area contributed by atoms with Gasteiger partial charge in [0.15, 0.2) is 0 Å². The standard InChI is InChI=1S/C11H21N/c1-11(2)7-10(12-8-11)9-5-3-4-6-9/h9-10,12H,3-8H2,1-2H3. The van der Waals surface area contributed by atoms with Crippen LogP contribution in [0.2, 0.25) is 0 Å². The number of hydrogen-bond acceptors (Lipinski definition) is 1. The van der Waals surface area contributed by atoms with Crippen molar-refractivity contribution in [1.29, 1.82) is 0 Å². The van der Waals surface area contributed by atoms with Crippen molar-refractivity contribution in [3.8, 4) is 0 Å². The zero-order valence-electron chi connectivity index (χ0n) is 8.40. The average Bonchev–Trinajstić information content (AvgIpc) is 2.55. The Morgan fingerprint density at radius 1 is 1.17 bits per heavy atom. The molecule has 1 unspecified atom stereocenters. The van der Waals surface area contributed by atoms with E-state index < -0.39 is 0 Å². The van der Waals surface area contributed by atoms with E-state index in [1.807, 2.05) is 0 Å². The molecule has 70 valence electrons. The van der Waals surface area contributed by atoms with Crippen LogP contribution in [0.3, 0.4) is 0 Å². The Bertz CT molecular complexity index is 156. The zero-order chi connectivity index (χ0) is 8.60. The zero-order valence-corrected chi connectivity index (χ0v) is 8.40. The average molecular weight is 167 g/mol. The fourth-order valence-corrected chi connectivity index (χ4v) is 2.84. The molecule has 2 fully saturated rings. The molecular weight excluding hydrogens is 146 g/mol. The highest BCUT2D eigenvalue weighted by molar-refractivity contribution is 4.92. The first-order valence-corrected chi connectivity index (χ1v) is 5.41. The molecule has 1 aliphatic carbocycles.